The smallest absolute Gasteiger partial charge is 0.224 e. The fourth-order valence-corrected chi connectivity index (χ4v) is 2.76. The highest BCUT2D eigenvalue weighted by Gasteiger charge is 2.07. The van der Waals surface area contributed by atoms with Crippen molar-refractivity contribution >= 4 is 29.1 Å². The summed E-state index contributed by atoms with van der Waals surface area (Å²) < 4.78 is 0. The zero-order valence-electron chi connectivity index (χ0n) is 13.5. The topological polar surface area (TPSA) is 62.7 Å². The van der Waals surface area contributed by atoms with Crippen LogP contribution in [0.15, 0.2) is 48.8 Å². The summed E-state index contributed by atoms with van der Waals surface area (Å²) in [4.78, 5) is 13.0. The molecule has 0 atom stereocenters. The van der Waals surface area contributed by atoms with E-state index < -0.39 is 0 Å². The highest BCUT2D eigenvalue weighted by atomic mass is 35.5. The second-order valence-corrected chi connectivity index (χ2v) is 5.91. The lowest BCUT2D eigenvalue weighted by atomic mass is 10.1. The molecule has 2 aromatic heterocycles. The molecule has 0 amide bonds. The molecule has 0 bridgehead atoms. The van der Waals surface area contributed by atoms with Gasteiger partial charge in [0.25, 0.3) is 0 Å². The predicted octanol–water partition coefficient (Wildman–Crippen LogP) is 4.50. The molecule has 2 N–H and O–H groups in total. The van der Waals surface area contributed by atoms with Crippen LogP contribution in [0.5, 0.6) is 0 Å². The molecule has 5 nitrogen and oxygen atoms in total. The molecule has 0 spiro atoms. The average Bonchev–Trinajstić information content (AvgIpc) is 2.58. The van der Waals surface area contributed by atoms with E-state index >= 15 is 0 Å². The van der Waals surface area contributed by atoms with Crippen LogP contribution in [0.25, 0.3) is 0 Å². The third-order valence-corrected chi connectivity index (χ3v) is 3.79. The van der Waals surface area contributed by atoms with Crippen LogP contribution in [0.4, 0.5) is 17.5 Å². The summed E-state index contributed by atoms with van der Waals surface area (Å²) in [6.45, 7) is 4.60. The van der Waals surface area contributed by atoms with E-state index in [0.717, 1.165) is 22.5 Å². The Morgan fingerprint density at radius 3 is 2.67 bits per heavy atom. The fraction of sp³-hybridized carbons (Fsp3) is 0.167. The molecule has 3 rings (SSSR count). The summed E-state index contributed by atoms with van der Waals surface area (Å²) in [6.07, 6.45) is 3.46. The molecule has 0 saturated heterocycles. The van der Waals surface area contributed by atoms with Crippen molar-refractivity contribution in [2.24, 2.45) is 0 Å². The highest BCUT2D eigenvalue weighted by molar-refractivity contribution is 6.33. The second-order valence-electron chi connectivity index (χ2n) is 5.50. The van der Waals surface area contributed by atoms with Crippen molar-refractivity contribution in [3.8, 4) is 0 Å². The molecule has 6 heteroatoms. The van der Waals surface area contributed by atoms with Crippen molar-refractivity contribution in [1.29, 1.82) is 0 Å². The monoisotopic (exact) mass is 339 g/mol. The van der Waals surface area contributed by atoms with Crippen molar-refractivity contribution in [3.05, 3.63) is 70.6 Å². The Bertz CT molecular complexity index is 813. The lowest BCUT2D eigenvalue weighted by Gasteiger charge is -2.13. The van der Waals surface area contributed by atoms with E-state index in [4.69, 9.17) is 11.6 Å². The molecule has 0 unspecified atom stereocenters. The van der Waals surface area contributed by atoms with Gasteiger partial charge in [0.2, 0.25) is 5.95 Å². The first kappa shape index (κ1) is 16.2. The minimum Gasteiger partial charge on any atom is -0.349 e. The Morgan fingerprint density at radius 1 is 1.04 bits per heavy atom. The lowest BCUT2D eigenvalue weighted by Crippen LogP contribution is -2.06. The van der Waals surface area contributed by atoms with E-state index in [2.05, 4.69) is 31.7 Å². The Kier molecular flexibility index (Phi) is 4.91. The number of hydrogen-bond acceptors (Lipinski definition) is 5. The summed E-state index contributed by atoms with van der Waals surface area (Å²) in [5.41, 5.74) is 3.98. The number of anilines is 3. The lowest BCUT2D eigenvalue weighted by molar-refractivity contribution is 1.00. The van der Waals surface area contributed by atoms with E-state index in [0.29, 0.717) is 23.3 Å². The fourth-order valence-electron chi connectivity index (χ4n) is 2.39. The van der Waals surface area contributed by atoms with Crippen molar-refractivity contribution < 1.29 is 0 Å². The van der Waals surface area contributed by atoms with Crippen molar-refractivity contribution in [2.75, 3.05) is 10.6 Å². The third-order valence-electron chi connectivity index (χ3n) is 3.49. The first-order chi connectivity index (χ1) is 11.6. The molecule has 0 fully saturated rings. The molecule has 0 aliphatic rings. The quantitative estimate of drug-likeness (QED) is 0.716. The molecular weight excluding hydrogens is 322 g/mol. The summed E-state index contributed by atoms with van der Waals surface area (Å²) in [6, 6.07) is 11.6. The number of benzene rings is 1. The van der Waals surface area contributed by atoms with Gasteiger partial charge in [0.1, 0.15) is 5.82 Å². The van der Waals surface area contributed by atoms with Gasteiger partial charge in [-0.3, -0.25) is 4.98 Å². The summed E-state index contributed by atoms with van der Waals surface area (Å²) in [5, 5.41) is 7.11. The van der Waals surface area contributed by atoms with Crippen LogP contribution in [0.2, 0.25) is 5.02 Å². The van der Waals surface area contributed by atoms with E-state index in [9.17, 15) is 0 Å². The Hall–Kier alpha value is -2.66. The van der Waals surface area contributed by atoms with Crippen LogP contribution in [-0.2, 0) is 6.54 Å². The largest absolute Gasteiger partial charge is 0.349 e. The first-order valence-electron chi connectivity index (χ1n) is 7.62. The Balaban J connectivity index is 1.74. The minimum atomic E-state index is 0.534. The van der Waals surface area contributed by atoms with Gasteiger partial charge in [0.15, 0.2) is 0 Å². The van der Waals surface area contributed by atoms with E-state index in [1.165, 1.54) is 0 Å². The van der Waals surface area contributed by atoms with E-state index in [1.807, 2.05) is 44.2 Å². The van der Waals surface area contributed by atoms with Crippen LogP contribution < -0.4 is 10.6 Å². The number of rotatable bonds is 5. The second kappa shape index (κ2) is 7.27. The molecule has 0 saturated carbocycles. The maximum Gasteiger partial charge on any atom is 0.224 e. The van der Waals surface area contributed by atoms with Crippen molar-refractivity contribution in [1.82, 2.24) is 15.0 Å². The normalized spacial score (nSPS) is 10.5. The molecular formula is C18H18ClN5. The summed E-state index contributed by atoms with van der Waals surface area (Å²) in [7, 11) is 0. The SMILES string of the molecule is Cc1cc(C)c(Nc2ccnc(NCc3ccccn3)n2)c(Cl)c1. The zero-order chi connectivity index (χ0) is 16.9. The number of nitrogens with zero attached hydrogens (tertiary/aromatic N) is 3. The van der Waals surface area contributed by atoms with Gasteiger partial charge in [-0.05, 0) is 49.2 Å². The molecule has 122 valence electrons. The van der Waals surface area contributed by atoms with E-state index in [1.54, 1.807) is 12.4 Å². The number of pyridine rings is 1. The van der Waals surface area contributed by atoms with Gasteiger partial charge >= 0.3 is 0 Å². The molecule has 3 aromatic rings. The highest BCUT2D eigenvalue weighted by Crippen LogP contribution is 2.29. The van der Waals surface area contributed by atoms with Crippen LogP contribution in [0.3, 0.4) is 0 Å². The maximum absolute atomic E-state index is 6.34. The van der Waals surface area contributed by atoms with Crippen LogP contribution in [-0.4, -0.2) is 15.0 Å². The Morgan fingerprint density at radius 2 is 1.92 bits per heavy atom. The van der Waals surface area contributed by atoms with Gasteiger partial charge in [-0.15, -0.1) is 0 Å². The van der Waals surface area contributed by atoms with Crippen molar-refractivity contribution in [2.45, 2.75) is 20.4 Å². The standard InChI is InChI=1S/C18H18ClN5/c1-12-9-13(2)17(15(19)10-12)23-16-6-8-21-18(24-16)22-11-14-5-3-4-7-20-14/h3-10H,11H2,1-2H3,(H2,21,22,23,24). The molecule has 1 aromatic carbocycles. The van der Waals surface area contributed by atoms with Gasteiger partial charge in [-0.2, -0.15) is 4.98 Å². The van der Waals surface area contributed by atoms with Gasteiger partial charge in [0.05, 0.1) is 22.9 Å². The van der Waals surface area contributed by atoms with Crippen LogP contribution >= 0.6 is 11.6 Å². The van der Waals surface area contributed by atoms with Crippen LogP contribution in [0, 0.1) is 13.8 Å². The minimum absolute atomic E-state index is 0.534. The number of hydrogen-bond donors (Lipinski definition) is 2. The van der Waals surface area contributed by atoms with Gasteiger partial charge in [-0.1, -0.05) is 23.7 Å². The summed E-state index contributed by atoms with van der Waals surface area (Å²) >= 11 is 6.34. The number of aryl methyl sites for hydroxylation is 2. The van der Waals surface area contributed by atoms with Gasteiger partial charge < -0.3 is 10.6 Å². The molecule has 0 aliphatic carbocycles. The van der Waals surface area contributed by atoms with Crippen molar-refractivity contribution in [3.63, 3.8) is 0 Å². The van der Waals surface area contributed by atoms with Crippen LogP contribution in [0.1, 0.15) is 16.8 Å². The van der Waals surface area contributed by atoms with Gasteiger partial charge in [0, 0.05) is 12.4 Å². The number of halogens is 1. The maximum atomic E-state index is 6.34. The number of nitrogens with one attached hydrogen (secondary N) is 2. The molecule has 0 radical (unpaired) electrons. The van der Waals surface area contributed by atoms with Gasteiger partial charge in [-0.25, -0.2) is 4.98 Å². The third kappa shape index (κ3) is 4.00. The van der Waals surface area contributed by atoms with E-state index in [-0.39, 0.29) is 0 Å². The summed E-state index contributed by atoms with van der Waals surface area (Å²) in [5.74, 6) is 1.22. The molecule has 2 heterocycles. The average molecular weight is 340 g/mol. The first-order valence-corrected chi connectivity index (χ1v) is 8.00. The number of aromatic nitrogens is 3. The molecule has 24 heavy (non-hydrogen) atoms. The predicted molar refractivity (Wildman–Crippen MR) is 97.8 cm³/mol. The molecule has 0 aliphatic heterocycles. The zero-order valence-corrected chi connectivity index (χ0v) is 14.3. The Labute approximate surface area is 146 Å².